The summed E-state index contributed by atoms with van der Waals surface area (Å²) >= 11 is 7.00. The van der Waals surface area contributed by atoms with Gasteiger partial charge in [-0.2, -0.15) is 5.10 Å². The molecule has 0 spiro atoms. The molecular formula is C32H30ClFN4O5. The van der Waals surface area contributed by atoms with E-state index in [1.54, 1.807) is 35.1 Å². The van der Waals surface area contributed by atoms with Crippen LogP contribution in [0.1, 0.15) is 49.3 Å². The van der Waals surface area contributed by atoms with Crippen molar-refractivity contribution in [3.8, 4) is 28.5 Å². The zero-order chi connectivity index (χ0) is 30.5. The van der Waals surface area contributed by atoms with Crippen LogP contribution in [0.3, 0.4) is 0 Å². The number of hydrogen-bond donors (Lipinski definition) is 2. The Morgan fingerprint density at radius 1 is 1.23 bits per heavy atom. The SMILES string of the molecule is Cc1cn2nc(-c3ncc(Cc4ccc(F)cc4)o3)cc2c(-c2ccc3c(c2Cl)NCCO3)c1C(OC(C)(C)C)C(=O)O. The molecule has 1 atom stereocenters. The monoisotopic (exact) mass is 604 g/mol. The topological polar surface area (TPSA) is 111 Å². The predicted octanol–water partition coefficient (Wildman–Crippen LogP) is 7.09. The van der Waals surface area contributed by atoms with Gasteiger partial charge in [-0.05, 0) is 69.2 Å². The summed E-state index contributed by atoms with van der Waals surface area (Å²) in [6, 6.07) is 11.6. The van der Waals surface area contributed by atoms with Gasteiger partial charge in [-0.1, -0.05) is 23.7 Å². The number of fused-ring (bicyclic) bond motifs is 2. The second kappa shape index (κ2) is 11.0. The lowest BCUT2D eigenvalue weighted by Crippen LogP contribution is -2.28. The third kappa shape index (κ3) is 5.68. The molecular weight excluding hydrogens is 575 g/mol. The number of aryl methyl sites for hydroxylation is 1. The Balaban J connectivity index is 1.52. The first-order valence-electron chi connectivity index (χ1n) is 13.8. The van der Waals surface area contributed by atoms with Gasteiger partial charge >= 0.3 is 5.97 Å². The molecule has 2 aromatic carbocycles. The highest BCUT2D eigenvalue weighted by Gasteiger charge is 2.33. The molecule has 1 aliphatic rings. The predicted molar refractivity (Wildman–Crippen MR) is 160 cm³/mol. The number of carboxylic acid groups (broad SMARTS) is 1. The molecule has 0 bridgehead atoms. The van der Waals surface area contributed by atoms with Crippen LogP contribution in [-0.2, 0) is 16.0 Å². The first-order chi connectivity index (χ1) is 20.5. The maximum absolute atomic E-state index is 13.3. The van der Waals surface area contributed by atoms with Gasteiger partial charge < -0.3 is 24.3 Å². The van der Waals surface area contributed by atoms with Gasteiger partial charge in [-0.25, -0.2) is 18.7 Å². The van der Waals surface area contributed by atoms with Crippen molar-refractivity contribution in [1.82, 2.24) is 14.6 Å². The molecule has 9 nitrogen and oxygen atoms in total. The molecule has 5 aromatic rings. The van der Waals surface area contributed by atoms with Crippen LogP contribution in [0.15, 0.2) is 59.3 Å². The number of ether oxygens (including phenoxy) is 2. The zero-order valence-electron chi connectivity index (χ0n) is 24.1. The van der Waals surface area contributed by atoms with E-state index in [1.807, 2.05) is 39.8 Å². The first kappa shape index (κ1) is 28.7. The molecule has 1 aliphatic heterocycles. The average molecular weight is 605 g/mol. The molecule has 4 heterocycles. The molecule has 2 N–H and O–H groups in total. The van der Waals surface area contributed by atoms with E-state index in [4.69, 9.17) is 30.6 Å². The molecule has 11 heteroatoms. The van der Waals surface area contributed by atoms with Crippen LogP contribution in [0, 0.1) is 12.7 Å². The third-order valence-electron chi connectivity index (χ3n) is 7.06. The summed E-state index contributed by atoms with van der Waals surface area (Å²) in [5.74, 6) is 0.0607. The van der Waals surface area contributed by atoms with Crippen molar-refractivity contribution in [3.05, 3.63) is 88.1 Å². The number of oxazole rings is 1. The Kier molecular flexibility index (Phi) is 7.35. The van der Waals surface area contributed by atoms with E-state index < -0.39 is 17.7 Å². The summed E-state index contributed by atoms with van der Waals surface area (Å²) in [4.78, 5) is 17.1. The number of nitrogens with one attached hydrogen (secondary N) is 1. The fourth-order valence-electron chi connectivity index (χ4n) is 5.26. The van der Waals surface area contributed by atoms with E-state index >= 15 is 0 Å². The van der Waals surface area contributed by atoms with Gasteiger partial charge in [-0.15, -0.1) is 0 Å². The second-order valence-electron chi connectivity index (χ2n) is 11.4. The summed E-state index contributed by atoms with van der Waals surface area (Å²) in [6.45, 7) is 8.35. The van der Waals surface area contributed by atoms with Gasteiger partial charge in [0.1, 0.15) is 29.6 Å². The number of carbonyl (C=O) groups is 1. The van der Waals surface area contributed by atoms with Crippen LogP contribution in [0.5, 0.6) is 5.75 Å². The fourth-order valence-corrected chi connectivity index (χ4v) is 5.58. The molecule has 3 aromatic heterocycles. The molecule has 0 aliphatic carbocycles. The van der Waals surface area contributed by atoms with Gasteiger partial charge in [0.15, 0.2) is 6.10 Å². The number of anilines is 1. The van der Waals surface area contributed by atoms with Crippen molar-refractivity contribution in [3.63, 3.8) is 0 Å². The van der Waals surface area contributed by atoms with Gasteiger partial charge in [0, 0.05) is 35.9 Å². The molecule has 6 rings (SSSR count). The van der Waals surface area contributed by atoms with Crippen LogP contribution in [0.2, 0.25) is 5.02 Å². The Morgan fingerprint density at radius 3 is 2.72 bits per heavy atom. The number of halogens is 2. The van der Waals surface area contributed by atoms with E-state index in [9.17, 15) is 14.3 Å². The van der Waals surface area contributed by atoms with E-state index in [-0.39, 0.29) is 5.82 Å². The number of aromatic nitrogens is 3. The van der Waals surface area contributed by atoms with Gasteiger partial charge in [-0.3, -0.25) is 0 Å². The number of carboxylic acids is 1. The highest BCUT2D eigenvalue weighted by molar-refractivity contribution is 6.36. The smallest absolute Gasteiger partial charge is 0.337 e. The summed E-state index contributed by atoms with van der Waals surface area (Å²) in [6.07, 6.45) is 2.51. The van der Waals surface area contributed by atoms with Crippen molar-refractivity contribution in [2.24, 2.45) is 0 Å². The Bertz CT molecular complexity index is 1840. The van der Waals surface area contributed by atoms with Crippen LogP contribution in [0.4, 0.5) is 10.1 Å². The minimum Gasteiger partial charge on any atom is -0.490 e. The highest BCUT2D eigenvalue weighted by Crippen LogP contribution is 2.46. The van der Waals surface area contributed by atoms with Crippen molar-refractivity contribution in [2.75, 3.05) is 18.5 Å². The van der Waals surface area contributed by atoms with Crippen molar-refractivity contribution in [1.29, 1.82) is 0 Å². The van der Waals surface area contributed by atoms with Gasteiger partial charge in [0.05, 0.1) is 28.0 Å². The number of rotatable bonds is 7. The Labute approximate surface area is 252 Å². The minimum atomic E-state index is -1.29. The van der Waals surface area contributed by atoms with E-state index in [0.29, 0.717) is 81.1 Å². The Hall–Kier alpha value is -4.41. The summed E-state index contributed by atoms with van der Waals surface area (Å²) in [5.41, 5.74) is 4.07. The molecule has 0 amide bonds. The first-order valence-corrected chi connectivity index (χ1v) is 14.2. The van der Waals surface area contributed by atoms with Crippen LogP contribution in [-0.4, -0.2) is 44.4 Å². The number of pyridine rings is 1. The second-order valence-corrected chi connectivity index (χ2v) is 11.8. The van der Waals surface area contributed by atoms with E-state index in [1.165, 1.54) is 12.1 Å². The Morgan fingerprint density at radius 2 is 2.00 bits per heavy atom. The maximum atomic E-state index is 13.3. The van der Waals surface area contributed by atoms with Crippen LogP contribution < -0.4 is 10.1 Å². The largest absolute Gasteiger partial charge is 0.490 e. The van der Waals surface area contributed by atoms with Crippen LogP contribution in [0.25, 0.3) is 28.2 Å². The average Bonchev–Trinajstić information content (AvgIpc) is 3.59. The zero-order valence-corrected chi connectivity index (χ0v) is 24.8. The quantitative estimate of drug-likeness (QED) is 0.202. The van der Waals surface area contributed by atoms with E-state index in [0.717, 1.165) is 5.56 Å². The van der Waals surface area contributed by atoms with E-state index in [2.05, 4.69) is 10.3 Å². The fraction of sp³-hybridized carbons (Fsp3) is 0.281. The lowest BCUT2D eigenvalue weighted by Gasteiger charge is -2.29. The third-order valence-corrected chi connectivity index (χ3v) is 7.45. The van der Waals surface area contributed by atoms with Crippen LogP contribution >= 0.6 is 11.6 Å². The lowest BCUT2D eigenvalue weighted by atomic mass is 9.91. The minimum absolute atomic E-state index is 0.290. The van der Waals surface area contributed by atoms with Crippen molar-refractivity contribution in [2.45, 2.75) is 45.8 Å². The molecule has 0 radical (unpaired) electrons. The molecule has 1 unspecified atom stereocenters. The number of hydrogen-bond acceptors (Lipinski definition) is 7. The van der Waals surface area contributed by atoms with Gasteiger partial charge in [0.25, 0.3) is 0 Å². The van der Waals surface area contributed by atoms with Crippen molar-refractivity contribution >= 4 is 28.8 Å². The number of nitrogens with zero attached hydrogens (tertiary/aromatic N) is 3. The number of benzene rings is 2. The highest BCUT2D eigenvalue weighted by atomic mass is 35.5. The summed E-state index contributed by atoms with van der Waals surface area (Å²) in [7, 11) is 0. The molecule has 43 heavy (non-hydrogen) atoms. The normalized spacial score (nSPS) is 13.8. The standard InChI is InChI=1S/C32H30ClFN4O5/c1-17-16-38-23(14-22(37-38)30-36-15-20(42-30)13-18-5-7-19(34)8-6-18)26(25(17)29(31(39)40)43-32(2,3)4)21-9-10-24-28(27(21)33)35-11-12-41-24/h5-10,14-16,29,35H,11-13H2,1-4H3,(H,39,40). The molecule has 222 valence electrons. The lowest BCUT2D eigenvalue weighted by molar-refractivity contribution is -0.160. The van der Waals surface area contributed by atoms with Gasteiger partial charge in [0.2, 0.25) is 5.89 Å². The molecule has 0 saturated carbocycles. The summed E-state index contributed by atoms with van der Waals surface area (Å²) < 4.78 is 32.9. The van der Waals surface area contributed by atoms with Crippen molar-refractivity contribution < 1.29 is 28.2 Å². The maximum Gasteiger partial charge on any atom is 0.337 e. The summed E-state index contributed by atoms with van der Waals surface area (Å²) in [5, 5.41) is 18.8. The molecule has 0 saturated heterocycles. The molecule has 0 fully saturated rings. The number of aliphatic carboxylic acids is 1.